The van der Waals surface area contributed by atoms with Crippen molar-refractivity contribution in [3.8, 4) is 5.75 Å². The van der Waals surface area contributed by atoms with Gasteiger partial charge in [0, 0.05) is 18.3 Å². The Bertz CT molecular complexity index is 1290. The summed E-state index contributed by atoms with van der Waals surface area (Å²) in [5.74, 6) is -0.255. The molecule has 0 unspecified atom stereocenters. The zero-order chi connectivity index (χ0) is 22.9. The third-order valence-electron chi connectivity index (χ3n) is 5.04. The molecule has 32 heavy (non-hydrogen) atoms. The van der Waals surface area contributed by atoms with Crippen LogP contribution in [-0.2, 0) is 14.8 Å². The van der Waals surface area contributed by atoms with Gasteiger partial charge in [0.25, 0.3) is 21.8 Å². The van der Waals surface area contributed by atoms with E-state index in [9.17, 15) is 18.0 Å². The Kier molecular flexibility index (Phi) is 5.58. The SMILES string of the molecule is C[C@@H]1Oc2ccc(NC(=O)c3cccc(S(=O)(=O)N(C)c4ccccc4)c3)cc2NC1=O. The second-order valence-electron chi connectivity index (χ2n) is 7.25. The van der Waals surface area contributed by atoms with Crippen molar-refractivity contribution in [3.63, 3.8) is 0 Å². The van der Waals surface area contributed by atoms with Gasteiger partial charge in [0.05, 0.1) is 16.3 Å². The molecule has 3 aromatic rings. The molecule has 3 aromatic carbocycles. The maximum atomic E-state index is 13.0. The fraction of sp³-hybridized carbons (Fsp3) is 0.130. The van der Waals surface area contributed by atoms with Gasteiger partial charge < -0.3 is 15.4 Å². The number of nitrogens with zero attached hydrogens (tertiary/aromatic N) is 1. The highest BCUT2D eigenvalue weighted by Gasteiger charge is 2.25. The molecular formula is C23H21N3O5S. The zero-order valence-electron chi connectivity index (χ0n) is 17.4. The number of ether oxygens (including phenoxy) is 1. The highest BCUT2D eigenvalue weighted by atomic mass is 32.2. The Labute approximate surface area is 185 Å². The van der Waals surface area contributed by atoms with Crippen LogP contribution in [0.15, 0.2) is 77.7 Å². The molecule has 164 valence electrons. The lowest BCUT2D eigenvalue weighted by Gasteiger charge is -2.23. The molecule has 1 aliphatic heterocycles. The molecule has 2 N–H and O–H groups in total. The van der Waals surface area contributed by atoms with Crippen molar-refractivity contribution in [2.75, 3.05) is 22.0 Å². The predicted octanol–water partition coefficient (Wildman–Crippen LogP) is 3.48. The van der Waals surface area contributed by atoms with E-state index in [0.29, 0.717) is 22.8 Å². The Hall–Kier alpha value is -3.85. The van der Waals surface area contributed by atoms with Gasteiger partial charge in [-0.05, 0) is 55.5 Å². The average molecular weight is 452 g/mol. The van der Waals surface area contributed by atoms with Gasteiger partial charge in [-0.25, -0.2) is 8.42 Å². The monoisotopic (exact) mass is 451 g/mol. The van der Waals surface area contributed by atoms with Crippen molar-refractivity contribution >= 4 is 38.9 Å². The summed E-state index contributed by atoms with van der Waals surface area (Å²) < 4.78 is 32.7. The molecule has 0 aromatic heterocycles. The molecule has 8 nitrogen and oxygen atoms in total. The van der Waals surface area contributed by atoms with Gasteiger partial charge in [-0.3, -0.25) is 13.9 Å². The number of hydrogen-bond acceptors (Lipinski definition) is 5. The molecule has 9 heteroatoms. The normalized spacial score (nSPS) is 15.2. The number of benzene rings is 3. The zero-order valence-corrected chi connectivity index (χ0v) is 18.2. The van der Waals surface area contributed by atoms with Crippen molar-refractivity contribution in [1.29, 1.82) is 0 Å². The largest absolute Gasteiger partial charge is 0.479 e. The van der Waals surface area contributed by atoms with Crippen LogP contribution in [0.5, 0.6) is 5.75 Å². The number of para-hydroxylation sites is 1. The summed E-state index contributed by atoms with van der Waals surface area (Å²) in [5.41, 5.74) is 1.57. The smallest absolute Gasteiger partial charge is 0.265 e. The average Bonchev–Trinajstić information content (AvgIpc) is 2.80. The van der Waals surface area contributed by atoms with Crippen LogP contribution in [0.4, 0.5) is 17.1 Å². The standard InChI is InChI=1S/C23H21N3O5S/c1-15-22(27)25-20-14-17(11-12-21(20)31-15)24-23(28)16-7-6-10-19(13-16)32(29,30)26(2)18-8-4-3-5-9-18/h3-15H,1-2H3,(H,24,28)(H,25,27)/t15-/m0/s1. The van der Waals surface area contributed by atoms with Crippen LogP contribution in [0, 0.1) is 0 Å². The van der Waals surface area contributed by atoms with E-state index in [1.165, 1.54) is 31.3 Å². The first-order chi connectivity index (χ1) is 15.3. The van der Waals surface area contributed by atoms with Gasteiger partial charge in [-0.1, -0.05) is 24.3 Å². The molecule has 2 amide bonds. The van der Waals surface area contributed by atoms with Gasteiger partial charge in [0.15, 0.2) is 6.10 Å². The number of carbonyl (C=O) groups excluding carboxylic acids is 2. The van der Waals surface area contributed by atoms with Crippen molar-refractivity contribution < 1.29 is 22.7 Å². The number of amides is 2. The van der Waals surface area contributed by atoms with Gasteiger partial charge in [0.2, 0.25) is 0 Å². The summed E-state index contributed by atoms with van der Waals surface area (Å²) >= 11 is 0. The van der Waals surface area contributed by atoms with Crippen LogP contribution >= 0.6 is 0 Å². The number of hydrogen-bond donors (Lipinski definition) is 2. The molecule has 0 spiro atoms. The van der Waals surface area contributed by atoms with Crippen LogP contribution in [-0.4, -0.2) is 33.4 Å². The number of nitrogens with one attached hydrogen (secondary N) is 2. The third-order valence-corrected chi connectivity index (χ3v) is 6.82. The molecule has 1 heterocycles. The summed E-state index contributed by atoms with van der Waals surface area (Å²) in [6.45, 7) is 1.64. The quantitative estimate of drug-likeness (QED) is 0.618. The molecule has 1 atom stereocenters. The summed E-state index contributed by atoms with van der Waals surface area (Å²) in [5, 5.41) is 5.44. The van der Waals surface area contributed by atoms with Crippen LogP contribution < -0.4 is 19.7 Å². The second kappa shape index (κ2) is 8.35. The van der Waals surface area contributed by atoms with E-state index < -0.39 is 22.0 Å². The highest BCUT2D eigenvalue weighted by molar-refractivity contribution is 7.92. The van der Waals surface area contributed by atoms with E-state index in [1.54, 1.807) is 55.5 Å². The van der Waals surface area contributed by atoms with Crippen LogP contribution in [0.25, 0.3) is 0 Å². The van der Waals surface area contributed by atoms with Crippen LogP contribution in [0.1, 0.15) is 17.3 Å². The fourth-order valence-corrected chi connectivity index (χ4v) is 4.46. The summed E-state index contributed by atoms with van der Waals surface area (Å²) in [4.78, 5) is 24.6. The van der Waals surface area contributed by atoms with E-state index in [2.05, 4.69) is 10.6 Å². The van der Waals surface area contributed by atoms with Gasteiger partial charge >= 0.3 is 0 Å². The topological polar surface area (TPSA) is 105 Å². The number of rotatable bonds is 5. The molecule has 0 saturated carbocycles. The number of carbonyl (C=O) groups is 2. The van der Waals surface area contributed by atoms with E-state index in [-0.39, 0.29) is 16.4 Å². The molecule has 1 aliphatic rings. The van der Waals surface area contributed by atoms with E-state index in [4.69, 9.17) is 4.74 Å². The number of sulfonamides is 1. The van der Waals surface area contributed by atoms with E-state index >= 15 is 0 Å². The Morgan fingerprint density at radius 2 is 1.78 bits per heavy atom. The maximum Gasteiger partial charge on any atom is 0.265 e. The van der Waals surface area contributed by atoms with Crippen molar-refractivity contribution in [2.24, 2.45) is 0 Å². The van der Waals surface area contributed by atoms with Crippen LogP contribution in [0.3, 0.4) is 0 Å². The van der Waals surface area contributed by atoms with Gasteiger partial charge in [-0.2, -0.15) is 0 Å². The summed E-state index contributed by atoms with van der Waals surface area (Å²) in [7, 11) is -2.39. The molecule has 4 rings (SSSR count). The van der Waals surface area contributed by atoms with E-state index in [0.717, 1.165) is 4.31 Å². The fourth-order valence-electron chi connectivity index (χ4n) is 3.22. The molecule has 0 fully saturated rings. The molecular weight excluding hydrogens is 430 g/mol. The Balaban J connectivity index is 1.55. The van der Waals surface area contributed by atoms with Gasteiger partial charge in [-0.15, -0.1) is 0 Å². The first-order valence-corrected chi connectivity index (χ1v) is 11.3. The van der Waals surface area contributed by atoms with E-state index in [1.807, 2.05) is 0 Å². The lowest BCUT2D eigenvalue weighted by molar-refractivity contribution is -0.122. The highest BCUT2D eigenvalue weighted by Crippen LogP contribution is 2.32. The van der Waals surface area contributed by atoms with Gasteiger partial charge in [0.1, 0.15) is 5.75 Å². The predicted molar refractivity (Wildman–Crippen MR) is 122 cm³/mol. The van der Waals surface area contributed by atoms with Crippen LogP contribution in [0.2, 0.25) is 0 Å². The maximum absolute atomic E-state index is 13.0. The number of anilines is 3. The Morgan fingerprint density at radius 3 is 2.53 bits per heavy atom. The first-order valence-electron chi connectivity index (χ1n) is 9.83. The Morgan fingerprint density at radius 1 is 1.03 bits per heavy atom. The summed E-state index contributed by atoms with van der Waals surface area (Å²) in [6, 6.07) is 19.4. The lowest BCUT2D eigenvalue weighted by Crippen LogP contribution is -2.34. The lowest BCUT2D eigenvalue weighted by atomic mass is 10.2. The molecule has 0 aliphatic carbocycles. The molecule has 0 bridgehead atoms. The minimum absolute atomic E-state index is 0.00315. The second-order valence-corrected chi connectivity index (χ2v) is 9.22. The summed E-state index contributed by atoms with van der Waals surface area (Å²) in [6.07, 6.45) is -0.596. The third kappa shape index (κ3) is 4.15. The first kappa shape index (κ1) is 21.4. The van der Waals surface area contributed by atoms with Crippen molar-refractivity contribution in [3.05, 3.63) is 78.4 Å². The molecule has 0 radical (unpaired) electrons. The minimum Gasteiger partial charge on any atom is -0.479 e. The molecule has 0 saturated heterocycles. The minimum atomic E-state index is -3.86. The number of fused-ring (bicyclic) bond motifs is 1. The van der Waals surface area contributed by atoms with Crippen molar-refractivity contribution in [2.45, 2.75) is 17.9 Å². The van der Waals surface area contributed by atoms with Crippen molar-refractivity contribution in [1.82, 2.24) is 0 Å².